The van der Waals surface area contributed by atoms with Crippen LogP contribution >= 0.6 is 0 Å². The molecule has 0 aliphatic carbocycles. The second kappa shape index (κ2) is 10.7. The highest BCUT2D eigenvalue weighted by Gasteiger charge is 2.24. The van der Waals surface area contributed by atoms with E-state index in [0.717, 1.165) is 60.1 Å². The van der Waals surface area contributed by atoms with Gasteiger partial charge in [0.2, 0.25) is 5.95 Å². The molecule has 6 heteroatoms. The molecule has 0 N–H and O–H groups in total. The van der Waals surface area contributed by atoms with Gasteiger partial charge in [0.15, 0.2) is 11.6 Å². The number of fused-ring (bicyclic) bond motifs is 10. The van der Waals surface area contributed by atoms with E-state index in [4.69, 9.17) is 26.2 Å². The van der Waals surface area contributed by atoms with Crippen LogP contribution in [-0.2, 0) is 0 Å². The molecular weight excluding hydrogens is 627 g/mol. The lowest BCUT2D eigenvalue weighted by molar-refractivity contribution is 0.669. The van der Waals surface area contributed by atoms with Gasteiger partial charge in [-0.25, -0.2) is 4.98 Å². The van der Waals surface area contributed by atoms with E-state index in [2.05, 4.69) is 47.0 Å². The Morgan fingerprint density at radius 1 is 0.471 bits per heavy atom. The normalized spacial score (nSPS) is 13.3. The summed E-state index contributed by atoms with van der Waals surface area (Å²) in [5.74, 6) is 0.451. The van der Waals surface area contributed by atoms with E-state index in [1.54, 1.807) is 0 Å². The molecule has 51 heavy (non-hydrogen) atoms. The number of para-hydroxylation sites is 4. The van der Waals surface area contributed by atoms with Gasteiger partial charge in [-0.2, -0.15) is 9.97 Å². The topological polar surface area (TPSA) is 61.7 Å². The van der Waals surface area contributed by atoms with Gasteiger partial charge < -0.3 is 8.98 Å². The molecule has 4 heterocycles. The molecule has 0 fully saturated rings. The van der Waals surface area contributed by atoms with Crippen LogP contribution in [-0.4, -0.2) is 24.1 Å². The molecule has 11 rings (SSSR count). The molecule has 4 aromatic heterocycles. The molecular formula is C45H27N5O. The number of hydrogen-bond donors (Lipinski definition) is 0. The van der Waals surface area contributed by atoms with Crippen molar-refractivity contribution in [3.05, 3.63) is 164 Å². The van der Waals surface area contributed by atoms with Crippen molar-refractivity contribution >= 4 is 65.6 Å². The largest absolute Gasteiger partial charge is 0.456 e. The Kier molecular flexibility index (Phi) is 4.91. The van der Waals surface area contributed by atoms with Gasteiger partial charge in [0, 0.05) is 49.1 Å². The lowest BCUT2D eigenvalue weighted by Crippen LogP contribution is -2.06. The average molecular weight is 659 g/mol. The van der Waals surface area contributed by atoms with Crippen LogP contribution in [0.2, 0.25) is 0 Å². The molecule has 0 amide bonds. The van der Waals surface area contributed by atoms with Gasteiger partial charge in [-0.05, 0) is 42.5 Å². The van der Waals surface area contributed by atoms with Crippen LogP contribution in [0, 0.1) is 0 Å². The van der Waals surface area contributed by atoms with Crippen molar-refractivity contribution in [2.24, 2.45) is 0 Å². The highest BCUT2D eigenvalue weighted by Crippen LogP contribution is 2.42. The summed E-state index contributed by atoms with van der Waals surface area (Å²) in [5, 5.41) is 5.66. The number of aromatic nitrogens is 5. The molecule has 7 aromatic carbocycles. The van der Waals surface area contributed by atoms with E-state index < -0.39 is 30.2 Å². The second-order valence-corrected chi connectivity index (χ2v) is 12.5. The average Bonchev–Trinajstić information content (AvgIpc) is 3.90. The third-order valence-corrected chi connectivity index (χ3v) is 9.67. The van der Waals surface area contributed by atoms with E-state index >= 15 is 0 Å². The van der Waals surface area contributed by atoms with Gasteiger partial charge in [0.1, 0.15) is 11.2 Å². The Morgan fingerprint density at radius 3 is 2.00 bits per heavy atom. The summed E-state index contributed by atoms with van der Waals surface area (Å²) in [7, 11) is 0. The summed E-state index contributed by atoms with van der Waals surface area (Å²) < 4.78 is 53.8. The Balaban J connectivity index is 1.32. The van der Waals surface area contributed by atoms with Crippen molar-refractivity contribution in [1.29, 1.82) is 0 Å². The van der Waals surface area contributed by atoms with Gasteiger partial charge in [-0.1, -0.05) is 121 Å². The molecule has 11 aromatic rings. The van der Waals surface area contributed by atoms with Gasteiger partial charge in [-0.3, -0.25) is 4.57 Å². The van der Waals surface area contributed by atoms with Crippen LogP contribution in [0.3, 0.4) is 0 Å². The van der Waals surface area contributed by atoms with Gasteiger partial charge in [-0.15, -0.1) is 0 Å². The van der Waals surface area contributed by atoms with Crippen molar-refractivity contribution in [2.45, 2.75) is 0 Å². The SMILES string of the molecule is [2H]c1c([2H])c([2H])c(-c2nc(-c3cccc4oc5ccccc5c34)nc(-n3c4ccccc4c4ccc5c(c6ccccc6n5-c5ccccc5)c43)n2)c([2H])c1[2H]. The molecule has 0 radical (unpaired) electrons. The number of rotatable bonds is 4. The summed E-state index contributed by atoms with van der Waals surface area (Å²) >= 11 is 0. The Morgan fingerprint density at radius 2 is 1.16 bits per heavy atom. The fourth-order valence-electron chi connectivity index (χ4n) is 7.59. The Hall–Kier alpha value is -7.05. The minimum Gasteiger partial charge on any atom is -0.456 e. The molecule has 0 spiro atoms. The lowest BCUT2D eigenvalue weighted by Gasteiger charge is -2.12. The molecule has 0 atom stereocenters. The molecule has 6 nitrogen and oxygen atoms in total. The van der Waals surface area contributed by atoms with E-state index in [-0.39, 0.29) is 23.2 Å². The molecule has 0 bridgehead atoms. The van der Waals surface area contributed by atoms with Crippen molar-refractivity contribution in [3.8, 4) is 34.4 Å². The quantitative estimate of drug-likeness (QED) is 0.189. The summed E-state index contributed by atoms with van der Waals surface area (Å²) in [4.78, 5) is 15.2. The van der Waals surface area contributed by atoms with Crippen LogP contribution in [0.25, 0.3) is 100.0 Å². The van der Waals surface area contributed by atoms with Gasteiger partial charge in [0.05, 0.1) is 28.9 Å². The zero-order valence-corrected chi connectivity index (χ0v) is 26.8. The summed E-state index contributed by atoms with van der Waals surface area (Å²) in [6, 6.07) is 42.1. The summed E-state index contributed by atoms with van der Waals surface area (Å²) in [6.07, 6.45) is 0. The maximum absolute atomic E-state index is 8.95. The van der Waals surface area contributed by atoms with Crippen LogP contribution < -0.4 is 0 Å². The van der Waals surface area contributed by atoms with Crippen molar-refractivity contribution in [2.75, 3.05) is 0 Å². The number of hydrogen-bond acceptors (Lipinski definition) is 4. The van der Waals surface area contributed by atoms with Crippen molar-refractivity contribution in [1.82, 2.24) is 24.1 Å². The maximum Gasteiger partial charge on any atom is 0.238 e. The highest BCUT2D eigenvalue weighted by molar-refractivity contribution is 6.26. The minimum atomic E-state index is -0.493. The van der Waals surface area contributed by atoms with E-state index in [9.17, 15) is 0 Å². The summed E-state index contributed by atoms with van der Waals surface area (Å²) in [5.41, 5.74) is 6.63. The predicted octanol–water partition coefficient (Wildman–Crippen LogP) is 11.3. The fourth-order valence-corrected chi connectivity index (χ4v) is 7.59. The highest BCUT2D eigenvalue weighted by atomic mass is 16.3. The van der Waals surface area contributed by atoms with Crippen LogP contribution in [0.1, 0.15) is 6.85 Å². The lowest BCUT2D eigenvalue weighted by atomic mass is 10.1. The summed E-state index contributed by atoms with van der Waals surface area (Å²) in [6.45, 7) is 0. The standard InChI is InChI=1S/C45H27N5O/c1-3-14-28(15-4-1)43-46-44(34-21-13-25-39-40(34)33-20-9-12-24-38(33)51-39)48-45(47-43)50-35-22-10-7-18-30(35)31-26-27-37-41(42(31)50)32-19-8-11-23-36(32)49(37)29-16-5-2-6-17-29/h1-27H/i1D,3D,4D,14D,15D. The Bertz CT molecular complexity index is 3410. The van der Waals surface area contributed by atoms with Crippen LogP contribution in [0.5, 0.6) is 0 Å². The third kappa shape index (κ3) is 4.07. The first-order valence-corrected chi connectivity index (χ1v) is 16.6. The first kappa shape index (κ1) is 23.3. The Labute approximate surface area is 298 Å². The van der Waals surface area contributed by atoms with Crippen LogP contribution in [0.15, 0.2) is 168 Å². The van der Waals surface area contributed by atoms with Crippen LogP contribution in [0.4, 0.5) is 0 Å². The first-order valence-electron chi connectivity index (χ1n) is 19.1. The monoisotopic (exact) mass is 658 g/mol. The molecule has 0 aliphatic heterocycles. The minimum absolute atomic E-state index is 0.0448. The molecule has 0 saturated carbocycles. The third-order valence-electron chi connectivity index (χ3n) is 9.67. The molecule has 0 saturated heterocycles. The first-order chi connectivity index (χ1) is 27.4. The van der Waals surface area contributed by atoms with E-state index in [1.165, 1.54) is 0 Å². The number of benzene rings is 7. The van der Waals surface area contributed by atoms with E-state index in [1.807, 2.05) is 95.6 Å². The molecule has 0 unspecified atom stereocenters. The fraction of sp³-hybridized carbons (Fsp3) is 0. The predicted molar refractivity (Wildman–Crippen MR) is 207 cm³/mol. The maximum atomic E-state index is 8.95. The zero-order chi connectivity index (χ0) is 37.8. The molecule has 238 valence electrons. The van der Waals surface area contributed by atoms with Gasteiger partial charge in [0.25, 0.3) is 0 Å². The number of furan rings is 1. The molecule has 0 aliphatic rings. The van der Waals surface area contributed by atoms with Crippen molar-refractivity contribution < 1.29 is 11.3 Å². The smallest absolute Gasteiger partial charge is 0.238 e. The second-order valence-electron chi connectivity index (χ2n) is 12.5. The number of nitrogens with zero attached hydrogens (tertiary/aromatic N) is 5. The van der Waals surface area contributed by atoms with Gasteiger partial charge >= 0.3 is 0 Å². The van der Waals surface area contributed by atoms with Crippen molar-refractivity contribution in [3.63, 3.8) is 0 Å². The zero-order valence-electron chi connectivity index (χ0n) is 31.8. The van der Waals surface area contributed by atoms with E-state index in [0.29, 0.717) is 16.7 Å².